The molecule has 0 aliphatic carbocycles. The van der Waals surface area contributed by atoms with Gasteiger partial charge in [-0.1, -0.05) is 30.3 Å². The first-order valence-corrected chi connectivity index (χ1v) is 11.3. The molecule has 156 valence electrons. The molecule has 5 aromatic rings. The molecule has 0 unspecified atom stereocenters. The standard InChI is InChI=1S/C23H21N5O2S/c1-16-25-20-13-24-12-11-23(20)28(16)14-17-7-9-18(10-8-17)31(29,30)26-21-15-27(2)22-6-4-3-5-19(21)22/h3-13,15,26H,14H2,1-2H3. The largest absolute Gasteiger partial charge is 0.348 e. The van der Waals surface area contributed by atoms with Crippen LogP contribution >= 0.6 is 0 Å². The van der Waals surface area contributed by atoms with Gasteiger partial charge in [0.2, 0.25) is 0 Å². The van der Waals surface area contributed by atoms with Gasteiger partial charge in [-0.3, -0.25) is 9.71 Å². The molecule has 0 saturated heterocycles. The van der Waals surface area contributed by atoms with Gasteiger partial charge in [0.25, 0.3) is 10.0 Å². The molecule has 0 amide bonds. The minimum absolute atomic E-state index is 0.223. The number of sulfonamides is 1. The van der Waals surface area contributed by atoms with Gasteiger partial charge in [0.05, 0.1) is 22.3 Å². The van der Waals surface area contributed by atoms with E-state index in [1.165, 1.54) is 0 Å². The lowest BCUT2D eigenvalue weighted by atomic mass is 10.2. The Morgan fingerprint density at radius 3 is 2.58 bits per heavy atom. The number of para-hydroxylation sites is 1. The molecule has 0 bridgehead atoms. The van der Waals surface area contributed by atoms with Crippen LogP contribution in [-0.2, 0) is 23.6 Å². The van der Waals surface area contributed by atoms with Gasteiger partial charge in [-0.15, -0.1) is 0 Å². The van der Waals surface area contributed by atoms with E-state index in [0.29, 0.717) is 12.2 Å². The maximum atomic E-state index is 13.0. The number of rotatable bonds is 5. The number of imidazole rings is 1. The van der Waals surface area contributed by atoms with E-state index in [4.69, 9.17) is 0 Å². The molecule has 0 atom stereocenters. The molecule has 0 radical (unpaired) electrons. The second-order valence-electron chi connectivity index (χ2n) is 7.53. The maximum absolute atomic E-state index is 13.0. The van der Waals surface area contributed by atoms with Crippen LogP contribution in [0.1, 0.15) is 11.4 Å². The van der Waals surface area contributed by atoms with Crippen molar-refractivity contribution in [3.63, 3.8) is 0 Å². The van der Waals surface area contributed by atoms with Gasteiger partial charge in [0.15, 0.2) is 0 Å². The summed E-state index contributed by atoms with van der Waals surface area (Å²) in [5.41, 5.74) is 4.37. The molecular weight excluding hydrogens is 410 g/mol. The van der Waals surface area contributed by atoms with Crippen molar-refractivity contribution in [2.24, 2.45) is 7.05 Å². The van der Waals surface area contributed by atoms with Crippen LogP contribution in [0.15, 0.2) is 78.1 Å². The predicted molar refractivity (Wildman–Crippen MR) is 122 cm³/mol. The molecule has 2 aromatic carbocycles. The molecule has 8 heteroatoms. The lowest BCUT2D eigenvalue weighted by molar-refractivity contribution is 0.601. The maximum Gasteiger partial charge on any atom is 0.261 e. The normalized spacial score (nSPS) is 11.9. The molecule has 7 nitrogen and oxygen atoms in total. The number of aromatic nitrogens is 4. The Bertz CT molecular complexity index is 1520. The quantitative estimate of drug-likeness (QED) is 0.455. The third kappa shape index (κ3) is 3.44. The first kappa shape index (κ1) is 19.3. The van der Waals surface area contributed by atoms with Crippen molar-refractivity contribution in [3.05, 3.63) is 84.6 Å². The Kier molecular flexibility index (Phi) is 4.51. The van der Waals surface area contributed by atoms with Crippen LogP contribution < -0.4 is 4.72 Å². The zero-order chi connectivity index (χ0) is 21.6. The van der Waals surface area contributed by atoms with Crippen LogP contribution in [0.3, 0.4) is 0 Å². The molecule has 31 heavy (non-hydrogen) atoms. The van der Waals surface area contributed by atoms with Gasteiger partial charge >= 0.3 is 0 Å². The number of hydrogen-bond acceptors (Lipinski definition) is 4. The molecular formula is C23H21N5O2S. The number of anilines is 1. The minimum atomic E-state index is -3.70. The molecule has 5 rings (SSSR count). The van der Waals surface area contributed by atoms with E-state index in [2.05, 4.69) is 19.3 Å². The van der Waals surface area contributed by atoms with Crippen molar-refractivity contribution in [2.45, 2.75) is 18.4 Å². The predicted octanol–water partition coefficient (Wildman–Crippen LogP) is 4.08. The average molecular weight is 432 g/mol. The fourth-order valence-electron chi connectivity index (χ4n) is 3.89. The zero-order valence-electron chi connectivity index (χ0n) is 17.1. The summed E-state index contributed by atoms with van der Waals surface area (Å²) in [7, 11) is -1.81. The highest BCUT2D eigenvalue weighted by atomic mass is 32.2. The van der Waals surface area contributed by atoms with E-state index >= 15 is 0 Å². The molecule has 3 aromatic heterocycles. The highest BCUT2D eigenvalue weighted by Crippen LogP contribution is 2.27. The number of fused-ring (bicyclic) bond motifs is 2. The summed E-state index contributed by atoms with van der Waals surface area (Å²) in [6.07, 6.45) is 5.28. The second kappa shape index (κ2) is 7.24. The monoisotopic (exact) mass is 431 g/mol. The molecule has 0 fully saturated rings. The first-order chi connectivity index (χ1) is 14.9. The van der Waals surface area contributed by atoms with Crippen molar-refractivity contribution in [2.75, 3.05) is 4.72 Å². The summed E-state index contributed by atoms with van der Waals surface area (Å²) >= 11 is 0. The van der Waals surface area contributed by atoms with Crippen LogP contribution in [-0.4, -0.2) is 27.5 Å². The van der Waals surface area contributed by atoms with Gasteiger partial charge in [0, 0.05) is 36.9 Å². The zero-order valence-corrected chi connectivity index (χ0v) is 18.0. The lowest BCUT2D eigenvalue weighted by Crippen LogP contribution is -2.13. The fraction of sp³-hybridized carbons (Fsp3) is 0.130. The van der Waals surface area contributed by atoms with Crippen LogP contribution in [0.4, 0.5) is 5.69 Å². The van der Waals surface area contributed by atoms with Gasteiger partial charge < -0.3 is 9.13 Å². The van der Waals surface area contributed by atoms with Crippen molar-refractivity contribution >= 4 is 37.6 Å². The summed E-state index contributed by atoms with van der Waals surface area (Å²) in [5.74, 6) is 0.886. The van der Waals surface area contributed by atoms with Crippen LogP contribution in [0.2, 0.25) is 0 Å². The van der Waals surface area contributed by atoms with E-state index in [1.54, 1.807) is 30.7 Å². The molecule has 0 aliphatic heterocycles. The number of aryl methyl sites for hydroxylation is 2. The molecule has 0 saturated carbocycles. The summed E-state index contributed by atoms with van der Waals surface area (Å²) in [4.78, 5) is 8.87. The number of benzene rings is 2. The number of nitrogens with zero attached hydrogens (tertiary/aromatic N) is 4. The molecule has 0 spiro atoms. The van der Waals surface area contributed by atoms with Crippen molar-refractivity contribution in [1.82, 2.24) is 19.1 Å². The van der Waals surface area contributed by atoms with E-state index in [-0.39, 0.29) is 4.90 Å². The summed E-state index contributed by atoms with van der Waals surface area (Å²) in [6, 6.07) is 16.6. The van der Waals surface area contributed by atoms with Gasteiger partial charge in [0.1, 0.15) is 11.3 Å². The fourth-order valence-corrected chi connectivity index (χ4v) is 4.95. The van der Waals surface area contributed by atoms with Crippen LogP contribution in [0.25, 0.3) is 21.9 Å². The molecule has 1 N–H and O–H groups in total. The van der Waals surface area contributed by atoms with Crippen LogP contribution in [0.5, 0.6) is 0 Å². The Morgan fingerprint density at radius 2 is 1.77 bits per heavy atom. The van der Waals surface area contributed by atoms with Gasteiger partial charge in [-0.25, -0.2) is 13.4 Å². The highest BCUT2D eigenvalue weighted by Gasteiger charge is 2.17. The van der Waals surface area contributed by atoms with Gasteiger partial charge in [-0.05, 0) is 36.8 Å². The van der Waals surface area contributed by atoms with Crippen molar-refractivity contribution < 1.29 is 8.42 Å². The average Bonchev–Trinajstić information content (AvgIpc) is 3.25. The van der Waals surface area contributed by atoms with Crippen molar-refractivity contribution in [1.29, 1.82) is 0 Å². The third-order valence-corrected chi connectivity index (χ3v) is 6.84. The molecule has 3 heterocycles. The van der Waals surface area contributed by atoms with Gasteiger partial charge in [-0.2, -0.15) is 0 Å². The number of pyridine rings is 1. The van der Waals surface area contributed by atoms with E-state index in [9.17, 15) is 8.42 Å². The summed E-state index contributed by atoms with van der Waals surface area (Å²) in [6.45, 7) is 2.55. The smallest absolute Gasteiger partial charge is 0.261 e. The Labute approximate surface area is 180 Å². The van der Waals surface area contributed by atoms with Crippen LogP contribution in [0, 0.1) is 6.92 Å². The number of nitrogens with one attached hydrogen (secondary N) is 1. The van der Waals surface area contributed by atoms with Crippen molar-refractivity contribution in [3.8, 4) is 0 Å². The lowest BCUT2D eigenvalue weighted by Gasteiger charge is -2.10. The first-order valence-electron chi connectivity index (χ1n) is 9.85. The topological polar surface area (TPSA) is 81.8 Å². The molecule has 0 aliphatic rings. The van der Waals surface area contributed by atoms with E-state index in [0.717, 1.165) is 33.3 Å². The highest BCUT2D eigenvalue weighted by molar-refractivity contribution is 7.92. The Balaban J connectivity index is 1.41. The summed E-state index contributed by atoms with van der Waals surface area (Å²) < 4.78 is 32.7. The van der Waals surface area contributed by atoms with E-state index in [1.807, 2.05) is 61.0 Å². The SMILES string of the molecule is Cc1nc2cnccc2n1Cc1ccc(S(=O)(=O)Nc2cn(C)c3ccccc23)cc1. The summed E-state index contributed by atoms with van der Waals surface area (Å²) in [5, 5.41) is 0.863. The Morgan fingerprint density at radius 1 is 1.00 bits per heavy atom. The number of hydrogen-bond donors (Lipinski definition) is 1. The minimum Gasteiger partial charge on any atom is -0.348 e. The Hall–Kier alpha value is -3.65. The second-order valence-corrected chi connectivity index (χ2v) is 9.21. The van der Waals surface area contributed by atoms with E-state index < -0.39 is 10.0 Å². The third-order valence-electron chi connectivity index (χ3n) is 5.46.